The van der Waals surface area contributed by atoms with Crippen LogP contribution in [-0.4, -0.2) is 66.4 Å². The molecule has 184 valence electrons. The Hall–Kier alpha value is -1.99. The summed E-state index contributed by atoms with van der Waals surface area (Å²) in [7, 11) is 0. The van der Waals surface area contributed by atoms with E-state index in [1.54, 1.807) is 4.90 Å². The first-order chi connectivity index (χ1) is 15.9. The van der Waals surface area contributed by atoms with Crippen LogP contribution in [-0.2, 0) is 4.79 Å². The Morgan fingerprint density at radius 2 is 1.85 bits per heavy atom. The van der Waals surface area contributed by atoms with Crippen LogP contribution in [0.2, 0.25) is 0 Å². The van der Waals surface area contributed by atoms with Crippen molar-refractivity contribution < 1.29 is 14.0 Å². The number of hydrogen-bond donors (Lipinski definition) is 2. The van der Waals surface area contributed by atoms with Crippen molar-refractivity contribution in [2.24, 2.45) is 17.6 Å². The van der Waals surface area contributed by atoms with Gasteiger partial charge in [0.1, 0.15) is 11.9 Å². The molecule has 2 atom stereocenters. The van der Waals surface area contributed by atoms with E-state index in [9.17, 15) is 14.0 Å². The Morgan fingerprint density at radius 1 is 1.15 bits per heavy atom. The summed E-state index contributed by atoms with van der Waals surface area (Å²) in [4.78, 5) is 30.6. The van der Waals surface area contributed by atoms with Gasteiger partial charge in [-0.15, -0.1) is 0 Å². The van der Waals surface area contributed by atoms with E-state index in [0.717, 1.165) is 25.4 Å². The van der Waals surface area contributed by atoms with E-state index in [1.165, 1.54) is 56.4 Å². The molecule has 0 bridgehead atoms. The van der Waals surface area contributed by atoms with Crippen LogP contribution in [0.1, 0.15) is 69.2 Å². The minimum absolute atomic E-state index is 0.150. The van der Waals surface area contributed by atoms with Gasteiger partial charge in [-0.05, 0) is 61.8 Å². The van der Waals surface area contributed by atoms with Crippen LogP contribution in [0.5, 0.6) is 0 Å². The standard InChI is InChI=1S/C26H41FN4O2/c1-19(2)17-30(18-20-6-4-3-5-7-20)23-12-15-31(24(16-23)25(32)29-14-13-28)26(33)21-8-10-22(27)11-9-21/h8-11,19-20,23-24H,3-7,12-18,28H2,1-2H3,(H,29,32)/t23?,24-/m1/s1. The van der Waals surface area contributed by atoms with Gasteiger partial charge in [0, 0.05) is 44.3 Å². The SMILES string of the molecule is CC(C)CN(CC1CCCCC1)C1CCN(C(=O)c2ccc(F)cc2)[C@@H](C(=O)NCCN)C1. The van der Waals surface area contributed by atoms with Gasteiger partial charge in [0.2, 0.25) is 5.91 Å². The van der Waals surface area contributed by atoms with Gasteiger partial charge >= 0.3 is 0 Å². The molecule has 1 aromatic rings. The molecule has 2 amide bonds. The molecule has 1 heterocycles. The van der Waals surface area contributed by atoms with Gasteiger partial charge in [0.25, 0.3) is 5.91 Å². The second-order valence-corrected chi connectivity index (χ2v) is 10.1. The first-order valence-corrected chi connectivity index (χ1v) is 12.7. The molecule has 1 aliphatic heterocycles. The van der Waals surface area contributed by atoms with Gasteiger partial charge in [0.15, 0.2) is 0 Å². The summed E-state index contributed by atoms with van der Waals surface area (Å²) in [6.07, 6.45) is 8.00. The van der Waals surface area contributed by atoms with E-state index in [0.29, 0.717) is 37.5 Å². The predicted octanol–water partition coefficient (Wildman–Crippen LogP) is 3.41. The first-order valence-electron chi connectivity index (χ1n) is 12.7. The first kappa shape index (κ1) is 25.6. The van der Waals surface area contributed by atoms with Crippen molar-refractivity contribution in [1.82, 2.24) is 15.1 Å². The molecule has 3 rings (SSSR count). The fourth-order valence-electron chi connectivity index (χ4n) is 5.38. The highest BCUT2D eigenvalue weighted by molar-refractivity contribution is 5.97. The highest BCUT2D eigenvalue weighted by Crippen LogP contribution is 2.29. The summed E-state index contributed by atoms with van der Waals surface area (Å²) < 4.78 is 13.4. The van der Waals surface area contributed by atoms with Gasteiger partial charge < -0.3 is 16.0 Å². The fourth-order valence-corrected chi connectivity index (χ4v) is 5.38. The Balaban J connectivity index is 1.77. The molecule has 1 saturated heterocycles. The molecule has 1 aromatic carbocycles. The van der Waals surface area contributed by atoms with Crippen molar-refractivity contribution >= 4 is 11.8 Å². The minimum atomic E-state index is -0.547. The molecule has 1 saturated carbocycles. The summed E-state index contributed by atoms with van der Waals surface area (Å²) in [5.74, 6) is 0.513. The van der Waals surface area contributed by atoms with Gasteiger partial charge in [-0.3, -0.25) is 14.5 Å². The normalized spacial score (nSPS) is 22.1. The van der Waals surface area contributed by atoms with Crippen molar-refractivity contribution in [2.45, 2.75) is 70.9 Å². The minimum Gasteiger partial charge on any atom is -0.353 e. The maximum Gasteiger partial charge on any atom is 0.254 e. The number of nitrogens with two attached hydrogens (primary N) is 1. The van der Waals surface area contributed by atoms with E-state index in [-0.39, 0.29) is 23.7 Å². The van der Waals surface area contributed by atoms with Crippen LogP contribution < -0.4 is 11.1 Å². The number of nitrogens with zero attached hydrogens (tertiary/aromatic N) is 2. The second kappa shape index (κ2) is 12.5. The molecular weight excluding hydrogens is 419 g/mol. The fraction of sp³-hybridized carbons (Fsp3) is 0.692. The number of benzene rings is 1. The molecule has 3 N–H and O–H groups in total. The van der Waals surface area contributed by atoms with Crippen LogP contribution in [0, 0.1) is 17.7 Å². The van der Waals surface area contributed by atoms with Gasteiger partial charge in [0.05, 0.1) is 0 Å². The zero-order chi connectivity index (χ0) is 23.8. The van der Waals surface area contributed by atoms with E-state index in [4.69, 9.17) is 5.73 Å². The number of amides is 2. The van der Waals surface area contributed by atoms with E-state index >= 15 is 0 Å². The Bertz CT molecular complexity index is 764. The van der Waals surface area contributed by atoms with Crippen molar-refractivity contribution in [2.75, 3.05) is 32.7 Å². The maximum absolute atomic E-state index is 13.4. The van der Waals surface area contributed by atoms with Crippen molar-refractivity contribution in [3.05, 3.63) is 35.6 Å². The number of halogens is 1. The largest absolute Gasteiger partial charge is 0.353 e. The zero-order valence-corrected chi connectivity index (χ0v) is 20.3. The Kier molecular flexibility index (Phi) is 9.68. The van der Waals surface area contributed by atoms with Crippen molar-refractivity contribution in [3.8, 4) is 0 Å². The molecule has 0 spiro atoms. The van der Waals surface area contributed by atoms with Crippen LogP contribution in [0.25, 0.3) is 0 Å². The highest BCUT2D eigenvalue weighted by atomic mass is 19.1. The summed E-state index contributed by atoms with van der Waals surface area (Å²) in [5, 5.41) is 2.89. The third-order valence-corrected chi connectivity index (χ3v) is 7.01. The molecule has 6 nitrogen and oxygen atoms in total. The Labute approximate surface area is 198 Å². The third-order valence-electron chi connectivity index (χ3n) is 7.01. The topological polar surface area (TPSA) is 78.7 Å². The molecule has 1 unspecified atom stereocenters. The summed E-state index contributed by atoms with van der Waals surface area (Å²) in [6.45, 7) is 7.82. The number of nitrogens with one attached hydrogen (secondary N) is 1. The molecule has 1 aliphatic carbocycles. The predicted molar refractivity (Wildman–Crippen MR) is 129 cm³/mol. The molecule has 7 heteroatoms. The number of likely N-dealkylation sites (tertiary alicyclic amines) is 1. The number of piperidine rings is 1. The lowest BCUT2D eigenvalue weighted by atomic mass is 9.87. The van der Waals surface area contributed by atoms with Gasteiger partial charge in [-0.1, -0.05) is 33.1 Å². The Morgan fingerprint density at radius 3 is 2.48 bits per heavy atom. The number of rotatable bonds is 9. The number of carbonyl (C=O) groups is 2. The third kappa shape index (κ3) is 7.24. The second-order valence-electron chi connectivity index (χ2n) is 10.1. The summed E-state index contributed by atoms with van der Waals surface area (Å²) >= 11 is 0. The molecule has 0 aromatic heterocycles. The summed E-state index contributed by atoms with van der Waals surface area (Å²) in [5.41, 5.74) is 6.01. The van der Waals surface area contributed by atoms with E-state index in [2.05, 4.69) is 24.1 Å². The van der Waals surface area contributed by atoms with Crippen LogP contribution in [0.3, 0.4) is 0 Å². The smallest absolute Gasteiger partial charge is 0.254 e. The van der Waals surface area contributed by atoms with Crippen LogP contribution in [0.15, 0.2) is 24.3 Å². The zero-order valence-electron chi connectivity index (χ0n) is 20.3. The van der Waals surface area contributed by atoms with Gasteiger partial charge in [-0.25, -0.2) is 4.39 Å². The quantitative estimate of drug-likeness (QED) is 0.592. The average molecular weight is 461 g/mol. The molecule has 2 aliphatic rings. The number of carbonyl (C=O) groups excluding carboxylic acids is 2. The molecule has 0 radical (unpaired) electrons. The van der Waals surface area contributed by atoms with Crippen molar-refractivity contribution in [3.63, 3.8) is 0 Å². The monoisotopic (exact) mass is 460 g/mol. The van der Waals surface area contributed by atoms with Crippen LogP contribution >= 0.6 is 0 Å². The van der Waals surface area contributed by atoms with E-state index < -0.39 is 6.04 Å². The summed E-state index contributed by atoms with van der Waals surface area (Å²) in [6, 6.07) is 5.28. The molecule has 2 fully saturated rings. The molecular formula is C26H41FN4O2. The van der Waals surface area contributed by atoms with Gasteiger partial charge in [-0.2, -0.15) is 0 Å². The highest BCUT2D eigenvalue weighted by Gasteiger charge is 2.39. The maximum atomic E-state index is 13.4. The van der Waals surface area contributed by atoms with E-state index in [1.807, 2.05) is 0 Å². The van der Waals surface area contributed by atoms with Crippen LogP contribution in [0.4, 0.5) is 4.39 Å². The lowest BCUT2D eigenvalue weighted by molar-refractivity contribution is -0.127. The van der Waals surface area contributed by atoms with Crippen molar-refractivity contribution in [1.29, 1.82) is 0 Å². The molecule has 33 heavy (non-hydrogen) atoms. The lowest BCUT2D eigenvalue weighted by Crippen LogP contribution is -2.58. The lowest BCUT2D eigenvalue weighted by Gasteiger charge is -2.44. The average Bonchev–Trinajstić information content (AvgIpc) is 2.82. The number of hydrogen-bond acceptors (Lipinski definition) is 4.